The fourth-order valence-electron chi connectivity index (χ4n) is 1.74. The standard InChI is InChI=1S/C13H19NO2/c1-4-12(14-13(15)9-16-3)11-8-6-5-7-10(11)2/h5-8,12H,4,9H2,1-3H3,(H,14,15)/t12-/m0/s1. The molecule has 16 heavy (non-hydrogen) atoms. The number of benzene rings is 1. The number of methoxy groups -OCH3 is 1. The molecule has 0 fully saturated rings. The lowest BCUT2D eigenvalue weighted by atomic mass is 9.99. The van der Waals surface area contributed by atoms with Gasteiger partial charge in [-0.05, 0) is 24.5 Å². The molecular formula is C13H19NO2. The average Bonchev–Trinajstić information content (AvgIpc) is 2.27. The molecule has 3 heteroatoms. The number of hydrogen-bond donors (Lipinski definition) is 1. The third-order valence-electron chi connectivity index (χ3n) is 2.58. The van der Waals surface area contributed by atoms with Gasteiger partial charge in [0.05, 0.1) is 6.04 Å². The molecule has 1 aromatic carbocycles. The predicted octanol–water partition coefficient (Wildman–Crippen LogP) is 2.21. The first kappa shape index (κ1) is 12.7. The van der Waals surface area contributed by atoms with Crippen molar-refractivity contribution in [1.29, 1.82) is 0 Å². The van der Waals surface area contributed by atoms with Crippen LogP contribution in [0.1, 0.15) is 30.5 Å². The van der Waals surface area contributed by atoms with Gasteiger partial charge in [-0.3, -0.25) is 4.79 Å². The monoisotopic (exact) mass is 221 g/mol. The van der Waals surface area contributed by atoms with Gasteiger partial charge in [0, 0.05) is 7.11 Å². The van der Waals surface area contributed by atoms with E-state index in [4.69, 9.17) is 4.74 Å². The smallest absolute Gasteiger partial charge is 0.246 e. The van der Waals surface area contributed by atoms with Crippen LogP contribution < -0.4 is 5.32 Å². The maximum absolute atomic E-state index is 11.5. The third kappa shape index (κ3) is 3.35. The topological polar surface area (TPSA) is 38.3 Å². The van der Waals surface area contributed by atoms with Crippen molar-refractivity contribution in [1.82, 2.24) is 5.32 Å². The molecule has 1 aromatic rings. The molecule has 0 aliphatic rings. The summed E-state index contributed by atoms with van der Waals surface area (Å²) in [5.41, 5.74) is 2.38. The van der Waals surface area contributed by atoms with Gasteiger partial charge in [0.2, 0.25) is 5.91 Å². The molecule has 88 valence electrons. The summed E-state index contributed by atoms with van der Waals surface area (Å²) < 4.78 is 4.80. The van der Waals surface area contributed by atoms with E-state index in [-0.39, 0.29) is 18.6 Å². The Labute approximate surface area is 96.8 Å². The Morgan fingerprint density at radius 3 is 2.69 bits per heavy atom. The molecule has 0 saturated carbocycles. The lowest BCUT2D eigenvalue weighted by Crippen LogP contribution is -2.31. The van der Waals surface area contributed by atoms with Gasteiger partial charge in [-0.2, -0.15) is 0 Å². The fourth-order valence-corrected chi connectivity index (χ4v) is 1.74. The second-order valence-corrected chi connectivity index (χ2v) is 3.82. The average molecular weight is 221 g/mol. The molecule has 0 unspecified atom stereocenters. The second-order valence-electron chi connectivity index (χ2n) is 3.82. The van der Waals surface area contributed by atoms with Crippen LogP contribution in [0.15, 0.2) is 24.3 Å². The van der Waals surface area contributed by atoms with Gasteiger partial charge in [-0.25, -0.2) is 0 Å². The van der Waals surface area contributed by atoms with Crippen molar-refractivity contribution >= 4 is 5.91 Å². The van der Waals surface area contributed by atoms with Crippen molar-refractivity contribution in [3.63, 3.8) is 0 Å². The van der Waals surface area contributed by atoms with Crippen LogP contribution in [-0.4, -0.2) is 19.6 Å². The molecule has 1 N–H and O–H groups in total. The Morgan fingerprint density at radius 2 is 2.12 bits per heavy atom. The molecule has 3 nitrogen and oxygen atoms in total. The fraction of sp³-hybridized carbons (Fsp3) is 0.462. The highest BCUT2D eigenvalue weighted by Crippen LogP contribution is 2.19. The van der Waals surface area contributed by atoms with Crippen LogP contribution in [0.2, 0.25) is 0 Å². The maximum Gasteiger partial charge on any atom is 0.246 e. The second kappa shape index (κ2) is 6.28. The van der Waals surface area contributed by atoms with E-state index in [2.05, 4.69) is 31.3 Å². The molecule has 0 aliphatic carbocycles. The first-order valence-electron chi connectivity index (χ1n) is 5.52. The summed E-state index contributed by atoms with van der Waals surface area (Å²) in [5, 5.41) is 2.96. The summed E-state index contributed by atoms with van der Waals surface area (Å²) in [7, 11) is 1.52. The number of aryl methyl sites for hydroxylation is 1. The number of rotatable bonds is 5. The lowest BCUT2D eigenvalue weighted by Gasteiger charge is -2.19. The number of carbonyl (C=O) groups excluding carboxylic acids is 1. The van der Waals surface area contributed by atoms with E-state index < -0.39 is 0 Å². The Kier molecular flexibility index (Phi) is 4.99. The van der Waals surface area contributed by atoms with Gasteiger partial charge in [0.1, 0.15) is 6.61 Å². The van der Waals surface area contributed by atoms with E-state index in [0.717, 1.165) is 6.42 Å². The molecule has 1 rings (SSSR count). The van der Waals surface area contributed by atoms with Crippen molar-refractivity contribution in [3.05, 3.63) is 35.4 Å². The normalized spacial score (nSPS) is 12.2. The van der Waals surface area contributed by atoms with Crippen LogP contribution in [0.25, 0.3) is 0 Å². The first-order chi connectivity index (χ1) is 7.69. The van der Waals surface area contributed by atoms with Crippen molar-refractivity contribution in [2.75, 3.05) is 13.7 Å². The minimum absolute atomic E-state index is 0.0717. The van der Waals surface area contributed by atoms with Crippen molar-refractivity contribution in [2.24, 2.45) is 0 Å². The minimum atomic E-state index is -0.0717. The molecule has 0 radical (unpaired) electrons. The van der Waals surface area contributed by atoms with Gasteiger partial charge in [0.25, 0.3) is 0 Å². The van der Waals surface area contributed by atoms with E-state index in [0.29, 0.717) is 0 Å². The van der Waals surface area contributed by atoms with E-state index in [1.807, 2.05) is 12.1 Å². The van der Waals surface area contributed by atoms with Crippen LogP contribution in [0, 0.1) is 6.92 Å². The molecule has 0 heterocycles. The Hall–Kier alpha value is -1.35. The Bertz CT molecular complexity index is 350. The van der Waals surface area contributed by atoms with Gasteiger partial charge in [0.15, 0.2) is 0 Å². The molecule has 0 spiro atoms. The van der Waals surface area contributed by atoms with E-state index >= 15 is 0 Å². The van der Waals surface area contributed by atoms with Crippen molar-refractivity contribution < 1.29 is 9.53 Å². The predicted molar refractivity (Wildman–Crippen MR) is 64.2 cm³/mol. The zero-order chi connectivity index (χ0) is 12.0. The number of hydrogen-bond acceptors (Lipinski definition) is 2. The number of nitrogens with one attached hydrogen (secondary N) is 1. The maximum atomic E-state index is 11.5. The van der Waals surface area contributed by atoms with Crippen LogP contribution in [0.4, 0.5) is 0 Å². The summed E-state index contributed by atoms with van der Waals surface area (Å²) in [6.07, 6.45) is 0.875. The van der Waals surface area contributed by atoms with Gasteiger partial charge in [-0.1, -0.05) is 31.2 Å². The van der Waals surface area contributed by atoms with E-state index in [9.17, 15) is 4.79 Å². The molecule has 0 saturated heterocycles. The Morgan fingerprint density at radius 1 is 1.44 bits per heavy atom. The highest BCUT2D eigenvalue weighted by molar-refractivity contribution is 5.77. The summed E-state index contributed by atoms with van der Waals surface area (Å²) in [4.78, 5) is 11.5. The number of amides is 1. The van der Waals surface area contributed by atoms with Crippen LogP contribution in [0.5, 0.6) is 0 Å². The van der Waals surface area contributed by atoms with Gasteiger partial charge in [-0.15, -0.1) is 0 Å². The summed E-state index contributed by atoms with van der Waals surface area (Å²) >= 11 is 0. The molecular weight excluding hydrogens is 202 g/mol. The van der Waals surface area contributed by atoms with Crippen molar-refractivity contribution in [2.45, 2.75) is 26.3 Å². The summed E-state index contributed by atoms with van der Waals surface area (Å²) in [5.74, 6) is -0.0717. The largest absolute Gasteiger partial charge is 0.375 e. The summed E-state index contributed by atoms with van der Waals surface area (Å²) in [6, 6.07) is 8.18. The molecule has 0 aromatic heterocycles. The summed E-state index contributed by atoms with van der Waals surface area (Å²) in [6.45, 7) is 4.23. The van der Waals surface area contributed by atoms with E-state index in [1.165, 1.54) is 18.2 Å². The molecule has 0 bridgehead atoms. The van der Waals surface area contributed by atoms with E-state index in [1.54, 1.807) is 0 Å². The van der Waals surface area contributed by atoms with Gasteiger partial charge >= 0.3 is 0 Å². The molecule has 1 atom stereocenters. The zero-order valence-electron chi connectivity index (χ0n) is 10.1. The first-order valence-corrected chi connectivity index (χ1v) is 5.52. The van der Waals surface area contributed by atoms with Crippen LogP contribution >= 0.6 is 0 Å². The quantitative estimate of drug-likeness (QED) is 0.827. The Balaban J connectivity index is 2.75. The number of carbonyl (C=O) groups is 1. The van der Waals surface area contributed by atoms with Gasteiger partial charge < -0.3 is 10.1 Å². The SMILES string of the molecule is CC[C@H](NC(=O)COC)c1ccccc1C. The number of ether oxygens (including phenoxy) is 1. The third-order valence-corrected chi connectivity index (χ3v) is 2.58. The highest BCUT2D eigenvalue weighted by Gasteiger charge is 2.13. The lowest BCUT2D eigenvalue weighted by molar-refractivity contribution is -0.125. The zero-order valence-corrected chi connectivity index (χ0v) is 10.1. The molecule has 1 amide bonds. The van der Waals surface area contributed by atoms with Crippen LogP contribution in [0.3, 0.4) is 0 Å². The highest BCUT2D eigenvalue weighted by atomic mass is 16.5. The molecule has 0 aliphatic heterocycles. The minimum Gasteiger partial charge on any atom is -0.375 e. The van der Waals surface area contributed by atoms with Crippen molar-refractivity contribution in [3.8, 4) is 0 Å². The van der Waals surface area contributed by atoms with Crippen LogP contribution in [-0.2, 0) is 9.53 Å².